The van der Waals surface area contributed by atoms with Crippen LogP contribution >= 0.6 is 0 Å². The first-order valence-electron chi connectivity index (χ1n) is 6.38. The molecule has 1 unspecified atom stereocenters. The summed E-state index contributed by atoms with van der Waals surface area (Å²) in [4.78, 5) is 8.56. The van der Waals surface area contributed by atoms with Crippen LogP contribution in [0.2, 0.25) is 0 Å². The Bertz CT molecular complexity index is 577. The molecule has 4 nitrogen and oxygen atoms in total. The molecule has 0 aliphatic carbocycles. The minimum Gasteiger partial charge on any atom is -1.00 e. The predicted molar refractivity (Wildman–Crippen MR) is 83.2 cm³/mol. The van der Waals surface area contributed by atoms with Crippen LogP contribution in [0.25, 0.3) is 0 Å². The summed E-state index contributed by atoms with van der Waals surface area (Å²) in [5.74, 6) is 1.04. The summed E-state index contributed by atoms with van der Waals surface area (Å²) in [7, 11) is 0. The van der Waals surface area contributed by atoms with Crippen molar-refractivity contribution in [3.8, 4) is 5.75 Å². The van der Waals surface area contributed by atoms with Gasteiger partial charge in [-0.25, -0.2) is 4.79 Å². The minimum absolute atomic E-state index is 0. The second kappa shape index (κ2) is 8.92. The van der Waals surface area contributed by atoms with E-state index >= 15 is 0 Å². The van der Waals surface area contributed by atoms with Crippen LogP contribution < -0.4 is 4.74 Å². The third-order valence-corrected chi connectivity index (χ3v) is 3.09. The molecule has 1 aliphatic heterocycles. The first-order chi connectivity index (χ1) is 9.66. The van der Waals surface area contributed by atoms with Gasteiger partial charge in [0.15, 0.2) is 0 Å². The zero-order valence-corrected chi connectivity index (χ0v) is 13.8. The van der Waals surface area contributed by atoms with E-state index in [1.807, 2.05) is 12.1 Å². The van der Waals surface area contributed by atoms with Crippen LogP contribution in [-0.4, -0.2) is 54.1 Å². The van der Waals surface area contributed by atoms with Crippen molar-refractivity contribution in [3.05, 3.63) is 65.7 Å². The van der Waals surface area contributed by atoms with Gasteiger partial charge in [-0.1, -0.05) is 48.5 Å². The van der Waals surface area contributed by atoms with Gasteiger partial charge >= 0.3 is 43.9 Å². The Morgan fingerprint density at radius 3 is 2.29 bits per heavy atom. The average molecular weight is 314 g/mol. The van der Waals surface area contributed by atoms with Crippen molar-refractivity contribution >= 4 is 43.9 Å². The van der Waals surface area contributed by atoms with Gasteiger partial charge in [0.1, 0.15) is 11.9 Å². The molecule has 3 rings (SSSR count). The number of rotatable bonds is 1. The Kier molecular flexibility index (Phi) is 7.57. The molecular weight excluding hydrogens is 296 g/mol. The summed E-state index contributed by atoms with van der Waals surface area (Å²) in [6, 6.07) is 18.8. The molecule has 0 fully saturated rings. The number of hydrogen-bond donors (Lipinski definition) is 2. The van der Waals surface area contributed by atoms with E-state index in [0.717, 1.165) is 18.6 Å². The Hall–Kier alpha value is -1.23. The van der Waals surface area contributed by atoms with E-state index in [-0.39, 0.29) is 46.7 Å². The molecule has 0 bridgehead atoms. The smallest absolute Gasteiger partial charge is 1.00 e. The molecule has 1 heterocycles. The van der Waals surface area contributed by atoms with Crippen molar-refractivity contribution in [3.63, 3.8) is 0 Å². The number of ether oxygens (including phenoxy) is 1. The van der Waals surface area contributed by atoms with Crippen LogP contribution in [0.3, 0.4) is 0 Å². The molecule has 2 aromatic carbocycles. The normalized spacial score (nSPS) is 15.3. The van der Waals surface area contributed by atoms with E-state index in [1.54, 1.807) is 0 Å². The van der Waals surface area contributed by atoms with Crippen molar-refractivity contribution < 1.29 is 22.6 Å². The quantitative estimate of drug-likeness (QED) is 0.785. The van der Waals surface area contributed by atoms with Crippen LogP contribution in [0.1, 0.15) is 26.5 Å². The van der Waals surface area contributed by atoms with Crippen LogP contribution in [0.5, 0.6) is 5.75 Å². The standard InChI is InChI=1S/C15H14O.CH2O3.Ca.2H/c1-2-6-12(7-3-1)15-11-10-13-8-4-5-9-14(13)16-15;2-1(3)4;;;/h1-9,15H,10-11H2;(H2,2,3,4);;;/q;;+2;2*-1. The van der Waals surface area contributed by atoms with Crippen molar-refractivity contribution in [1.82, 2.24) is 0 Å². The molecule has 5 heteroatoms. The molecule has 1 aliphatic rings. The number of para-hydroxylation sites is 1. The van der Waals surface area contributed by atoms with Gasteiger partial charge in [0.05, 0.1) is 0 Å². The molecule has 0 amide bonds. The van der Waals surface area contributed by atoms with Crippen molar-refractivity contribution in [2.75, 3.05) is 0 Å². The maximum absolute atomic E-state index is 8.56. The Labute approximate surface area is 156 Å². The van der Waals surface area contributed by atoms with E-state index in [9.17, 15) is 0 Å². The van der Waals surface area contributed by atoms with E-state index < -0.39 is 6.16 Å². The average Bonchev–Trinajstić information content (AvgIpc) is 2.47. The van der Waals surface area contributed by atoms with Gasteiger partial charge in [0.25, 0.3) is 0 Å². The molecular formula is C16H18CaO4. The number of fused-ring (bicyclic) bond motifs is 1. The summed E-state index contributed by atoms with van der Waals surface area (Å²) in [5, 5.41) is 13.9. The fourth-order valence-electron chi connectivity index (χ4n) is 2.23. The van der Waals surface area contributed by atoms with Gasteiger partial charge in [-0.05, 0) is 30.0 Å². The predicted octanol–water partition coefficient (Wildman–Crippen LogP) is 3.82. The van der Waals surface area contributed by atoms with Crippen molar-refractivity contribution in [2.24, 2.45) is 0 Å². The Morgan fingerprint density at radius 2 is 1.62 bits per heavy atom. The fourth-order valence-corrected chi connectivity index (χ4v) is 2.23. The Morgan fingerprint density at radius 1 is 1.05 bits per heavy atom. The second-order valence-electron chi connectivity index (χ2n) is 4.45. The molecule has 2 N–H and O–H groups in total. The molecule has 108 valence electrons. The van der Waals surface area contributed by atoms with Gasteiger partial charge in [-0.3, -0.25) is 0 Å². The summed E-state index contributed by atoms with van der Waals surface area (Å²) in [5.41, 5.74) is 2.60. The van der Waals surface area contributed by atoms with Gasteiger partial charge < -0.3 is 17.8 Å². The summed E-state index contributed by atoms with van der Waals surface area (Å²) >= 11 is 0. The van der Waals surface area contributed by atoms with Crippen LogP contribution in [0.4, 0.5) is 4.79 Å². The first kappa shape index (κ1) is 17.8. The third-order valence-electron chi connectivity index (χ3n) is 3.09. The zero-order chi connectivity index (χ0) is 14.4. The zero-order valence-electron chi connectivity index (χ0n) is 13.6. The van der Waals surface area contributed by atoms with Crippen molar-refractivity contribution in [2.45, 2.75) is 18.9 Å². The molecule has 1 atom stereocenters. The van der Waals surface area contributed by atoms with Gasteiger partial charge in [0.2, 0.25) is 0 Å². The number of hydrogen-bond acceptors (Lipinski definition) is 2. The number of benzene rings is 2. The first-order valence-corrected chi connectivity index (χ1v) is 6.38. The SMILES string of the molecule is O=C(O)O.[Ca+2].[H-].[H-].c1ccc(C2CCc3ccccc3O2)cc1. The largest absolute Gasteiger partial charge is 2.00 e. The monoisotopic (exact) mass is 314 g/mol. The van der Waals surface area contributed by atoms with E-state index in [1.165, 1.54) is 11.1 Å². The third kappa shape index (κ3) is 5.58. The van der Waals surface area contributed by atoms with Crippen molar-refractivity contribution in [1.29, 1.82) is 0 Å². The molecule has 0 radical (unpaired) electrons. The topological polar surface area (TPSA) is 66.8 Å². The number of carbonyl (C=O) groups is 1. The molecule has 0 spiro atoms. The number of aryl methyl sites for hydroxylation is 1. The molecule has 2 aromatic rings. The summed E-state index contributed by atoms with van der Waals surface area (Å²) < 4.78 is 6.02. The van der Waals surface area contributed by atoms with Gasteiger partial charge in [0, 0.05) is 0 Å². The Balaban J connectivity index is 0. The fraction of sp³-hybridized carbons (Fsp3) is 0.188. The molecule has 21 heavy (non-hydrogen) atoms. The maximum Gasteiger partial charge on any atom is 2.00 e. The van der Waals surface area contributed by atoms with Crippen LogP contribution in [-0.2, 0) is 6.42 Å². The van der Waals surface area contributed by atoms with Gasteiger partial charge in [-0.2, -0.15) is 0 Å². The maximum atomic E-state index is 8.56. The van der Waals surface area contributed by atoms with Crippen LogP contribution in [0, 0.1) is 0 Å². The minimum atomic E-state index is -1.83. The summed E-state index contributed by atoms with van der Waals surface area (Å²) in [6.07, 6.45) is 0.563. The van der Waals surface area contributed by atoms with Gasteiger partial charge in [-0.15, -0.1) is 0 Å². The number of carboxylic acid groups (broad SMARTS) is 2. The van der Waals surface area contributed by atoms with E-state index in [2.05, 4.69) is 42.5 Å². The van der Waals surface area contributed by atoms with E-state index in [4.69, 9.17) is 19.7 Å². The molecule has 0 saturated heterocycles. The molecule has 0 aromatic heterocycles. The molecule has 0 saturated carbocycles. The van der Waals surface area contributed by atoms with E-state index in [0.29, 0.717) is 0 Å². The summed E-state index contributed by atoms with van der Waals surface area (Å²) in [6.45, 7) is 0. The van der Waals surface area contributed by atoms with Crippen LogP contribution in [0.15, 0.2) is 54.6 Å². The second-order valence-corrected chi connectivity index (χ2v) is 4.45.